The van der Waals surface area contributed by atoms with E-state index < -0.39 is 18.0 Å². The van der Waals surface area contributed by atoms with Crippen LogP contribution >= 0.6 is 11.8 Å². The van der Waals surface area contributed by atoms with Crippen molar-refractivity contribution in [2.24, 2.45) is 5.92 Å². The van der Waals surface area contributed by atoms with Gasteiger partial charge in [-0.05, 0) is 49.5 Å². The lowest BCUT2D eigenvalue weighted by atomic mass is 9.78. The van der Waals surface area contributed by atoms with E-state index in [4.69, 9.17) is 14.2 Å². The maximum atomic E-state index is 12.6. The van der Waals surface area contributed by atoms with Crippen molar-refractivity contribution in [2.45, 2.75) is 130 Å². The molecule has 0 saturated carbocycles. The number of unbranched alkanes of at least 4 members (excludes halogenated alkanes) is 2. The third kappa shape index (κ3) is 12.8. The Morgan fingerprint density at radius 1 is 0.917 bits per heavy atom. The van der Waals surface area contributed by atoms with Gasteiger partial charge < -0.3 is 19.3 Å². The fourth-order valence-electron chi connectivity index (χ4n) is 3.73. The lowest BCUT2D eigenvalue weighted by molar-refractivity contribution is -0.0824. The second-order valence-corrected chi connectivity index (χ2v) is 14.2. The number of aliphatic hydroxyl groups is 1. The van der Waals surface area contributed by atoms with Crippen LogP contribution in [0.2, 0.25) is 0 Å². The van der Waals surface area contributed by atoms with Crippen LogP contribution in [0.1, 0.15) is 119 Å². The van der Waals surface area contributed by atoms with E-state index in [1.54, 1.807) is 11.8 Å². The van der Waals surface area contributed by atoms with Crippen molar-refractivity contribution in [3.8, 4) is 5.75 Å². The van der Waals surface area contributed by atoms with E-state index >= 15 is 0 Å². The second kappa shape index (κ2) is 14.1. The minimum absolute atomic E-state index is 0.240. The van der Waals surface area contributed by atoms with Crippen molar-refractivity contribution in [1.29, 1.82) is 0 Å². The first-order chi connectivity index (χ1) is 16.4. The summed E-state index contributed by atoms with van der Waals surface area (Å²) in [7, 11) is 0. The highest BCUT2D eigenvalue weighted by atomic mass is 32.2. The molecule has 1 rings (SSSR count). The molecule has 0 aliphatic rings. The van der Waals surface area contributed by atoms with Crippen LogP contribution in [0.15, 0.2) is 12.1 Å². The van der Waals surface area contributed by atoms with Crippen molar-refractivity contribution in [2.75, 3.05) is 12.4 Å². The third-order valence-electron chi connectivity index (χ3n) is 5.60. The predicted molar refractivity (Wildman–Crippen MR) is 152 cm³/mol. The van der Waals surface area contributed by atoms with Crippen molar-refractivity contribution in [1.82, 2.24) is 0 Å². The van der Waals surface area contributed by atoms with Crippen LogP contribution in [-0.2, 0) is 26.1 Å². The lowest BCUT2D eigenvalue weighted by Crippen LogP contribution is -2.28. The number of thioether (sulfide) groups is 1. The first-order valence-electron chi connectivity index (χ1n) is 13.4. The van der Waals surface area contributed by atoms with Gasteiger partial charge in [0.1, 0.15) is 11.4 Å². The third-order valence-corrected chi connectivity index (χ3v) is 6.66. The molecule has 6 heteroatoms. The molecule has 208 valence electrons. The molecule has 0 heterocycles. The molecule has 0 aromatic heterocycles. The quantitative estimate of drug-likeness (QED) is 0.128. The van der Waals surface area contributed by atoms with Gasteiger partial charge in [0.25, 0.3) is 0 Å². The molecule has 0 radical (unpaired) electrons. The van der Waals surface area contributed by atoms with Gasteiger partial charge in [0.2, 0.25) is 0 Å². The smallest absolute Gasteiger partial charge is 0.428 e. The minimum atomic E-state index is -0.765. The monoisotopic (exact) mass is 524 g/mol. The highest BCUT2D eigenvalue weighted by molar-refractivity contribution is 7.98. The molecule has 1 unspecified atom stereocenters. The maximum Gasteiger partial charge on any atom is 0.514 e. The number of carbonyl (C=O) groups is 1. The SMILES string of the molecule is CC(C)CCCCCOC(O)CSCc1cc(C(C)(C)C)c(OC(=O)OC(C)(C)C)c(C(C)(C)C)c1. The number of aliphatic hydroxyl groups excluding tert-OH is 1. The average molecular weight is 525 g/mol. The van der Waals surface area contributed by atoms with Gasteiger partial charge in [-0.15, -0.1) is 0 Å². The molecular weight excluding hydrogens is 472 g/mol. The molecule has 0 amide bonds. The summed E-state index contributed by atoms with van der Waals surface area (Å²) in [6.45, 7) is 23.3. The van der Waals surface area contributed by atoms with E-state index in [0.29, 0.717) is 18.1 Å². The predicted octanol–water partition coefficient (Wildman–Crippen LogP) is 8.38. The van der Waals surface area contributed by atoms with Crippen molar-refractivity contribution in [3.05, 3.63) is 28.8 Å². The lowest BCUT2D eigenvalue weighted by Gasteiger charge is -2.30. The van der Waals surface area contributed by atoms with E-state index in [1.807, 2.05) is 20.8 Å². The van der Waals surface area contributed by atoms with Gasteiger partial charge >= 0.3 is 6.16 Å². The number of rotatable bonds is 12. The molecule has 0 aliphatic heterocycles. The normalized spacial score (nSPS) is 13.7. The van der Waals surface area contributed by atoms with Crippen LogP contribution < -0.4 is 4.74 Å². The molecule has 1 aromatic carbocycles. The summed E-state index contributed by atoms with van der Waals surface area (Å²) in [5.74, 6) is 2.56. The summed E-state index contributed by atoms with van der Waals surface area (Å²) >= 11 is 1.65. The highest BCUT2D eigenvalue weighted by Crippen LogP contribution is 2.41. The zero-order valence-corrected chi connectivity index (χ0v) is 25.6. The van der Waals surface area contributed by atoms with Crippen LogP contribution in [0.25, 0.3) is 0 Å². The molecule has 0 bridgehead atoms. The Kier molecular flexibility index (Phi) is 12.8. The molecule has 0 spiro atoms. The number of benzene rings is 1. The molecule has 5 nitrogen and oxygen atoms in total. The van der Waals surface area contributed by atoms with Gasteiger partial charge in [0.15, 0.2) is 6.29 Å². The molecule has 1 atom stereocenters. The topological polar surface area (TPSA) is 65.0 Å². The summed E-state index contributed by atoms with van der Waals surface area (Å²) in [6, 6.07) is 4.23. The summed E-state index contributed by atoms with van der Waals surface area (Å²) in [6.07, 6.45) is 3.13. The van der Waals surface area contributed by atoms with Gasteiger partial charge in [0.05, 0.1) is 0 Å². The van der Waals surface area contributed by atoms with Crippen molar-refractivity contribution >= 4 is 17.9 Å². The average Bonchev–Trinajstić information content (AvgIpc) is 2.68. The highest BCUT2D eigenvalue weighted by Gasteiger charge is 2.30. The van der Waals surface area contributed by atoms with Crippen LogP contribution in [0.4, 0.5) is 4.79 Å². The Morgan fingerprint density at radius 3 is 1.94 bits per heavy atom. The summed E-state index contributed by atoms with van der Waals surface area (Å²) in [5, 5.41) is 10.3. The van der Waals surface area contributed by atoms with Crippen molar-refractivity contribution < 1.29 is 24.1 Å². The van der Waals surface area contributed by atoms with Crippen LogP contribution in [0.5, 0.6) is 5.75 Å². The van der Waals surface area contributed by atoms with E-state index in [1.165, 1.54) is 12.8 Å². The van der Waals surface area contributed by atoms with Crippen LogP contribution in [-0.4, -0.2) is 35.5 Å². The Balaban J connectivity index is 2.92. The second-order valence-electron chi connectivity index (χ2n) is 13.2. The number of ether oxygens (including phenoxy) is 3. The Labute approximate surface area is 225 Å². The van der Waals surface area contributed by atoms with Gasteiger partial charge in [-0.25, -0.2) is 4.79 Å². The fourth-order valence-corrected chi connectivity index (χ4v) is 4.54. The minimum Gasteiger partial charge on any atom is -0.428 e. The largest absolute Gasteiger partial charge is 0.514 e. The van der Waals surface area contributed by atoms with Gasteiger partial charge in [-0.3, -0.25) is 0 Å². The molecule has 0 saturated heterocycles. The van der Waals surface area contributed by atoms with E-state index in [-0.39, 0.29) is 10.8 Å². The fraction of sp³-hybridized carbons (Fsp3) is 0.767. The summed E-state index contributed by atoms with van der Waals surface area (Å²) in [4.78, 5) is 12.6. The molecule has 1 aromatic rings. The Bertz CT molecular complexity index is 777. The van der Waals surface area contributed by atoms with Crippen LogP contribution in [0, 0.1) is 5.92 Å². The number of carbonyl (C=O) groups excluding carboxylic acids is 1. The zero-order valence-electron chi connectivity index (χ0n) is 24.7. The Morgan fingerprint density at radius 2 is 1.47 bits per heavy atom. The molecule has 36 heavy (non-hydrogen) atoms. The van der Waals surface area contributed by atoms with E-state index in [0.717, 1.165) is 41.2 Å². The number of hydrogen-bond donors (Lipinski definition) is 1. The molecule has 1 N–H and O–H groups in total. The zero-order chi connectivity index (χ0) is 27.7. The van der Waals surface area contributed by atoms with E-state index in [9.17, 15) is 9.90 Å². The van der Waals surface area contributed by atoms with Crippen molar-refractivity contribution in [3.63, 3.8) is 0 Å². The molecule has 0 aliphatic carbocycles. The van der Waals surface area contributed by atoms with Gasteiger partial charge in [-0.2, -0.15) is 11.8 Å². The standard InChI is InChI=1S/C30H52O5S/c1-21(2)15-13-12-14-16-33-25(31)20-36-19-22-17-23(28(3,4)5)26(24(18-22)29(6,7)8)34-27(32)35-30(9,10)11/h17-18,21,25,31H,12-16,19-20H2,1-11H3. The van der Waals surface area contributed by atoms with Crippen LogP contribution in [0.3, 0.4) is 0 Å². The first-order valence-corrected chi connectivity index (χ1v) is 14.5. The first kappa shape index (κ1) is 32.8. The number of hydrogen-bond acceptors (Lipinski definition) is 6. The molecule has 0 fully saturated rings. The maximum absolute atomic E-state index is 12.6. The van der Waals surface area contributed by atoms with Gasteiger partial charge in [-0.1, -0.05) is 86.8 Å². The Hall–Kier alpha value is -1.24. The summed E-state index contributed by atoms with van der Waals surface area (Å²) in [5.41, 5.74) is 1.96. The van der Waals surface area contributed by atoms with E-state index in [2.05, 4.69) is 67.5 Å². The van der Waals surface area contributed by atoms with Gasteiger partial charge in [0, 0.05) is 29.2 Å². The summed E-state index contributed by atoms with van der Waals surface area (Å²) < 4.78 is 16.9. The molecular formula is C30H52O5S.